The molecule has 0 fully saturated rings. The van der Waals surface area contributed by atoms with Crippen LogP contribution in [0, 0.1) is 0 Å². The summed E-state index contributed by atoms with van der Waals surface area (Å²) in [5.41, 5.74) is 15.3. The van der Waals surface area contributed by atoms with Crippen LogP contribution in [-0.4, -0.2) is 55.8 Å². The third-order valence-electron chi connectivity index (χ3n) is 15.3. The van der Waals surface area contributed by atoms with E-state index in [9.17, 15) is 0 Å². The molecular weight excluding hydrogens is 1060 g/mol. The maximum absolute atomic E-state index is 6.19. The summed E-state index contributed by atoms with van der Waals surface area (Å²) in [6.45, 7) is 7.90. The lowest BCUT2D eigenvalue weighted by molar-refractivity contribution is 0.287. The Labute approximate surface area is 499 Å². The van der Waals surface area contributed by atoms with Gasteiger partial charge in [0.2, 0.25) is 11.8 Å². The Kier molecular flexibility index (Phi) is 15.6. The monoisotopic (exact) mass is 1120 g/mol. The van der Waals surface area contributed by atoms with E-state index < -0.39 is 0 Å². The van der Waals surface area contributed by atoms with E-state index >= 15 is 0 Å². The van der Waals surface area contributed by atoms with Crippen molar-refractivity contribution in [3.05, 3.63) is 248 Å². The van der Waals surface area contributed by atoms with Crippen molar-refractivity contribution >= 4 is 84.5 Å². The van der Waals surface area contributed by atoms with Gasteiger partial charge in [-0.3, -0.25) is 29.9 Å². The van der Waals surface area contributed by atoms with Gasteiger partial charge in [0.05, 0.1) is 46.7 Å². The molecule has 12 nitrogen and oxygen atoms in total. The molecule has 0 aliphatic rings. The molecule has 13 aromatic rings. The van der Waals surface area contributed by atoms with Crippen molar-refractivity contribution in [2.24, 2.45) is 9.98 Å². The second-order valence-corrected chi connectivity index (χ2v) is 22.2. The standard InChI is InChI=1S/C74H61N9O3/c1-74(2,3)58-28-20-54(21-29-58)72-81-82-73(86-72)55-26-38-63(39-27-55)85-45-7-5-4-6-44-84-62-36-24-53(25-37-62)52-22-34-61(35-23-52)83(59-30-16-50(17-31-59)48-79-66-46-56-12-8-40-75-68(56)70-64(66)14-10-42-77-70)60-32-18-51(19-33-60)49-80-67-47-57-13-9-41-76-69(57)71-65(67)15-11-43-78-71/h8-43,46-49H,4-7,44-45H2,1-3H3. The van der Waals surface area contributed by atoms with E-state index in [-0.39, 0.29) is 5.41 Å². The summed E-state index contributed by atoms with van der Waals surface area (Å²) in [4.78, 5) is 30.8. The molecule has 0 bridgehead atoms. The highest BCUT2D eigenvalue weighted by atomic mass is 16.5. The maximum atomic E-state index is 6.19. The minimum Gasteiger partial charge on any atom is -0.494 e. The van der Waals surface area contributed by atoms with Gasteiger partial charge in [-0.15, -0.1) is 10.2 Å². The van der Waals surface area contributed by atoms with Crippen molar-refractivity contribution in [1.29, 1.82) is 0 Å². The van der Waals surface area contributed by atoms with Crippen LogP contribution < -0.4 is 14.4 Å². The molecule has 0 radical (unpaired) electrons. The first-order chi connectivity index (χ1) is 42.2. The molecule has 8 aromatic carbocycles. The summed E-state index contributed by atoms with van der Waals surface area (Å²) >= 11 is 0. The molecule has 0 unspecified atom stereocenters. The van der Waals surface area contributed by atoms with E-state index in [1.54, 1.807) is 24.8 Å². The fraction of sp³-hybridized carbons (Fsp3) is 0.135. The van der Waals surface area contributed by atoms with Gasteiger partial charge in [-0.1, -0.05) is 93.6 Å². The first-order valence-corrected chi connectivity index (χ1v) is 29.1. The number of hydrogen-bond donors (Lipinski definition) is 0. The van der Waals surface area contributed by atoms with E-state index in [0.29, 0.717) is 25.0 Å². The van der Waals surface area contributed by atoms with Crippen molar-refractivity contribution in [2.45, 2.75) is 51.9 Å². The average Bonchev–Trinajstić information content (AvgIpc) is 2.53. The number of aromatic nitrogens is 6. The molecule has 5 aromatic heterocycles. The summed E-state index contributed by atoms with van der Waals surface area (Å²) in [5, 5.41) is 12.5. The molecule has 5 heterocycles. The van der Waals surface area contributed by atoms with Crippen LogP contribution in [0.25, 0.3) is 77.6 Å². The quantitative estimate of drug-likeness (QED) is 0.0437. The van der Waals surface area contributed by atoms with Gasteiger partial charge in [-0.2, -0.15) is 0 Å². The van der Waals surface area contributed by atoms with Crippen LogP contribution in [0.1, 0.15) is 63.1 Å². The first-order valence-electron chi connectivity index (χ1n) is 29.1. The normalized spacial score (nSPS) is 11.8. The zero-order chi connectivity index (χ0) is 58.2. The maximum Gasteiger partial charge on any atom is 0.248 e. The Morgan fingerprint density at radius 1 is 0.419 bits per heavy atom. The number of fused-ring (bicyclic) bond motifs is 6. The van der Waals surface area contributed by atoms with E-state index in [0.717, 1.165) is 143 Å². The lowest BCUT2D eigenvalue weighted by Gasteiger charge is -2.26. The highest BCUT2D eigenvalue weighted by Crippen LogP contribution is 2.38. The predicted octanol–water partition coefficient (Wildman–Crippen LogP) is 18.6. The first kappa shape index (κ1) is 54.5. The molecule has 86 heavy (non-hydrogen) atoms. The molecule has 420 valence electrons. The lowest BCUT2D eigenvalue weighted by Crippen LogP contribution is -2.10. The number of unbranched alkanes of at least 4 members (excludes halogenated alkanes) is 3. The molecule has 0 amide bonds. The van der Waals surface area contributed by atoms with Gasteiger partial charge in [0.25, 0.3) is 0 Å². The number of benzene rings is 8. The van der Waals surface area contributed by atoms with E-state index in [1.807, 2.05) is 97.4 Å². The summed E-state index contributed by atoms with van der Waals surface area (Å²) in [6.07, 6.45) is 15.1. The van der Waals surface area contributed by atoms with Crippen molar-refractivity contribution in [1.82, 2.24) is 30.1 Å². The Bertz CT molecular complexity index is 4370. The summed E-state index contributed by atoms with van der Waals surface area (Å²) < 4.78 is 18.3. The van der Waals surface area contributed by atoms with Gasteiger partial charge in [0.15, 0.2) is 0 Å². The van der Waals surface area contributed by atoms with Crippen LogP contribution in [0.5, 0.6) is 11.5 Å². The highest BCUT2D eigenvalue weighted by Gasteiger charge is 2.18. The van der Waals surface area contributed by atoms with Crippen molar-refractivity contribution in [3.8, 4) is 45.5 Å². The molecule has 0 N–H and O–H groups in total. The van der Waals surface area contributed by atoms with E-state index in [1.165, 1.54) is 5.56 Å². The van der Waals surface area contributed by atoms with Crippen LogP contribution in [0.3, 0.4) is 0 Å². The molecular formula is C74H61N9O3. The Morgan fingerprint density at radius 3 is 1.24 bits per heavy atom. The molecule has 13 rings (SSSR count). The number of pyridine rings is 4. The fourth-order valence-electron chi connectivity index (χ4n) is 10.6. The van der Waals surface area contributed by atoms with Gasteiger partial charge < -0.3 is 18.8 Å². The number of ether oxygens (including phenoxy) is 2. The van der Waals surface area contributed by atoms with Crippen LogP contribution >= 0.6 is 0 Å². The van der Waals surface area contributed by atoms with Crippen molar-refractivity contribution < 1.29 is 13.9 Å². The smallest absolute Gasteiger partial charge is 0.248 e. The van der Waals surface area contributed by atoms with Crippen molar-refractivity contribution in [3.63, 3.8) is 0 Å². The molecule has 0 spiro atoms. The fourth-order valence-corrected chi connectivity index (χ4v) is 10.6. The van der Waals surface area contributed by atoms with Gasteiger partial charge in [0.1, 0.15) is 11.5 Å². The molecule has 12 heteroatoms. The predicted molar refractivity (Wildman–Crippen MR) is 348 cm³/mol. The third kappa shape index (κ3) is 12.2. The van der Waals surface area contributed by atoms with E-state index in [2.05, 4.69) is 177 Å². The zero-order valence-corrected chi connectivity index (χ0v) is 48.1. The largest absolute Gasteiger partial charge is 0.494 e. The topological polar surface area (TPSA) is 137 Å². The van der Waals surface area contributed by atoms with E-state index in [4.69, 9.17) is 23.9 Å². The third-order valence-corrected chi connectivity index (χ3v) is 15.3. The second-order valence-electron chi connectivity index (χ2n) is 22.2. The molecule has 0 saturated heterocycles. The Hall–Kier alpha value is -10.7. The minimum absolute atomic E-state index is 0.0789. The lowest BCUT2D eigenvalue weighted by atomic mass is 9.87. The number of anilines is 3. The second kappa shape index (κ2) is 24.6. The number of rotatable bonds is 19. The van der Waals surface area contributed by atoms with Gasteiger partial charge >= 0.3 is 0 Å². The molecule has 0 aliphatic carbocycles. The SMILES string of the molecule is CC(C)(C)c1ccc(-c2nnc(-c3ccc(OCCCCCCOc4ccc(-c5ccc(N(c6ccc(C=Nc7cc8cccnc8c8ncccc78)cc6)c6ccc(C=Nc7cc8cccnc8c8ncccc78)cc6)cc5)cc4)cc3)o2)cc1. The number of aliphatic imine (C=N–C) groups is 2. The van der Waals surface area contributed by atoms with Gasteiger partial charge in [-0.05, 0) is 192 Å². The highest BCUT2D eigenvalue weighted by molar-refractivity contribution is 6.10. The van der Waals surface area contributed by atoms with Crippen LogP contribution in [0.4, 0.5) is 28.4 Å². The summed E-state index contributed by atoms with van der Waals surface area (Å²) in [7, 11) is 0. The van der Waals surface area contributed by atoms with Crippen LogP contribution in [0.2, 0.25) is 0 Å². The molecule has 0 aliphatic heterocycles. The summed E-state index contributed by atoms with van der Waals surface area (Å²) in [6, 6.07) is 70.2. The zero-order valence-electron chi connectivity index (χ0n) is 48.1. The van der Waals surface area contributed by atoms with Crippen LogP contribution in [0.15, 0.2) is 245 Å². The Balaban J connectivity index is 0.639. The Morgan fingerprint density at radius 2 is 0.802 bits per heavy atom. The van der Waals surface area contributed by atoms with Gasteiger partial charge in [0, 0.05) is 87.0 Å². The van der Waals surface area contributed by atoms with Gasteiger partial charge in [-0.25, -0.2) is 0 Å². The van der Waals surface area contributed by atoms with Crippen LogP contribution in [-0.2, 0) is 5.41 Å². The van der Waals surface area contributed by atoms with Crippen molar-refractivity contribution in [2.75, 3.05) is 18.1 Å². The summed E-state index contributed by atoms with van der Waals surface area (Å²) in [5.74, 6) is 2.66. The number of hydrogen-bond acceptors (Lipinski definition) is 12. The average molecular weight is 1120 g/mol. The molecule has 0 saturated carbocycles. The molecule has 0 atom stereocenters. The number of nitrogens with zero attached hydrogens (tertiary/aromatic N) is 9. The minimum atomic E-state index is 0.0789.